The number of nitrogens with zero attached hydrogens (tertiary/aromatic N) is 5. The zero-order chi connectivity index (χ0) is 34.4. The summed E-state index contributed by atoms with van der Waals surface area (Å²) in [5.74, 6) is 0.180. The Kier molecular flexibility index (Phi) is 11.3. The minimum atomic E-state index is -1.05. The number of benzene rings is 1. The second-order valence-electron chi connectivity index (χ2n) is 12.9. The summed E-state index contributed by atoms with van der Waals surface area (Å²) in [6.07, 6.45) is 9.23. The summed E-state index contributed by atoms with van der Waals surface area (Å²) in [4.78, 5) is 64.8. The number of hydrogen-bond acceptors (Lipinski definition) is 10. The monoisotopic (exact) mass is 664 g/mol. The lowest BCUT2D eigenvalue weighted by Crippen LogP contribution is -2.55. The molecule has 0 spiro atoms. The molecule has 3 amide bonds. The number of hydrogen-bond donors (Lipinski definition) is 4. The van der Waals surface area contributed by atoms with Gasteiger partial charge in [0, 0.05) is 44.2 Å². The van der Waals surface area contributed by atoms with Gasteiger partial charge in [0.15, 0.2) is 5.82 Å². The first-order chi connectivity index (χ1) is 23.1. The molecule has 1 aliphatic carbocycles. The number of nitrogens with one attached hydrogen (secondary N) is 3. The maximum atomic E-state index is 13.2. The first-order valence-corrected chi connectivity index (χ1v) is 17.0. The Labute approximate surface area is 281 Å². The van der Waals surface area contributed by atoms with E-state index in [9.17, 15) is 19.2 Å². The fourth-order valence-electron chi connectivity index (χ4n) is 6.91. The molecule has 2 atom stereocenters. The third kappa shape index (κ3) is 7.97. The number of rotatable bonds is 13. The molecule has 5 rings (SSSR count). The lowest BCUT2D eigenvalue weighted by molar-refractivity contribution is -0.141. The number of amides is 3. The number of likely N-dealkylation sites (tertiary alicyclic amines) is 1. The Hall–Kier alpha value is -4.46. The second-order valence-corrected chi connectivity index (χ2v) is 12.9. The summed E-state index contributed by atoms with van der Waals surface area (Å²) in [6, 6.07) is 4.36. The van der Waals surface area contributed by atoms with Crippen molar-refractivity contribution in [2.75, 3.05) is 48.9 Å². The number of likely N-dealkylation sites (N-methyl/N-ethyl adjacent to an activating group) is 1. The van der Waals surface area contributed by atoms with Gasteiger partial charge >= 0.3 is 5.97 Å². The van der Waals surface area contributed by atoms with Crippen molar-refractivity contribution < 1.29 is 29.0 Å². The molecule has 2 aliphatic heterocycles. The molecular weight excluding hydrogens is 616 g/mol. The molecule has 1 aromatic carbocycles. The Morgan fingerprint density at radius 3 is 2.52 bits per heavy atom. The van der Waals surface area contributed by atoms with Gasteiger partial charge in [0.1, 0.15) is 23.5 Å². The van der Waals surface area contributed by atoms with Crippen LogP contribution in [0.15, 0.2) is 24.4 Å². The van der Waals surface area contributed by atoms with E-state index in [0.29, 0.717) is 41.5 Å². The summed E-state index contributed by atoms with van der Waals surface area (Å²) in [7, 11) is 3.33. The van der Waals surface area contributed by atoms with Crippen LogP contribution in [0, 0.1) is 0 Å². The molecule has 14 nitrogen and oxygen atoms in total. The topological polar surface area (TPSA) is 169 Å². The average Bonchev–Trinajstić information content (AvgIpc) is 3.61. The molecule has 4 N–H and O–H groups in total. The van der Waals surface area contributed by atoms with E-state index in [2.05, 4.69) is 30.7 Å². The fourth-order valence-corrected chi connectivity index (χ4v) is 6.91. The van der Waals surface area contributed by atoms with Gasteiger partial charge in [0.05, 0.1) is 19.0 Å². The number of ether oxygens (including phenoxy) is 1. The number of methoxy groups -OCH3 is 1. The van der Waals surface area contributed by atoms with Gasteiger partial charge in [-0.3, -0.25) is 19.2 Å². The summed E-state index contributed by atoms with van der Waals surface area (Å²) in [5.41, 5.74) is 1.79. The summed E-state index contributed by atoms with van der Waals surface area (Å²) in [5, 5.41) is 17.8. The molecule has 0 unspecified atom stereocenters. The van der Waals surface area contributed by atoms with Gasteiger partial charge in [-0.1, -0.05) is 19.8 Å². The average molecular weight is 665 g/mol. The summed E-state index contributed by atoms with van der Waals surface area (Å²) >= 11 is 0. The Bertz CT molecular complexity index is 1490. The van der Waals surface area contributed by atoms with Crippen LogP contribution in [0.2, 0.25) is 0 Å². The van der Waals surface area contributed by atoms with E-state index >= 15 is 0 Å². The van der Waals surface area contributed by atoms with Crippen LogP contribution in [0.4, 0.5) is 23.1 Å². The van der Waals surface area contributed by atoms with Crippen molar-refractivity contribution in [1.82, 2.24) is 25.5 Å². The SMILES string of the molecule is CC[C@@H]1C(=O)N(C)c2cnc(Nc3ccc(C(=O)NC4CCN(CCCC(=O)N[C@@H](C)C(=O)O)CC4)cc3OC)nc2N1C1CCCC1. The Morgan fingerprint density at radius 1 is 1.12 bits per heavy atom. The molecule has 1 aromatic heterocycles. The van der Waals surface area contributed by atoms with Gasteiger partial charge < -0.3 is 40.5 Å². The van der Waals surface area contributed by atoms with Gasteiger partial charge in [0.25, 0.3) is 5.91 Å². The highest BCUT2D eigenvalue weighted by Crippen LogP contribution is 2.40. The number of carbonyl (C=O) groups excluding carboxylic acids is 3. The third-order valence-electron chi connectivity index (χ3n) is 9.67. The van der Waals surface area contributed by atoms with Gasteiger partial charge in [-0.05, 0) is 70.2 Å². The maximum absolute atomic E-state index is 13.2. The van der Waals surface area contributed by atoms with Crippen LogP contribution in [0.25, 0.3) is 0 Å². The molecule has 3 heterocycles. The number of anilines is 4. The molecule has 1 saturated heterocycles. The molecule has 14 heteroatoms. The highest BCUT2D eigenvalue weighted by Gasteiger charge is 2.41. The summed E-state index contributed by atoms with van der Waals surface area (Å²) < 4.78 is 5.65. The maximum Gasteiger partial charge on any atom is 0.325 e. The van der Waals surface area contributed by atoms with Crippen molar-refractivity contribution in [2.45, 2.75) is 95.8 Å². The predicted octanol–water partition coefficient (Wildman–Crippen LogP) is 3.30. The zero-order valence-electron chi connectivity index (χ0n) is 28.3. The van der Waals surface area contributed by atoms with E-state index in [1.54, 1.807) is 43.5 Å². The molecule has 3 aliphatic rings. The van der Waals surface area contributed by atoms with Crippen LogP contribution >= 0.6 is 0 Å². The minimum absolute atomic E-state index is 0.0286. The standard InChI is InChI=1S/C34H48N8O6/c1-5-26-32(45)40(3)27-20-35-34(39-30(27)42(26)24-9-6-7-10-24)38-25-13-12-22(19-28(25)48-4)31(44)37-23-14-17-41(18-15-23)16-8-11-29(43)36-21(2)33(46)47/h12-13,19-21,23-24,26H,5-11,14-18H2,1-4H3,(H,36,43)(H,37,44)(H,46,47)(H,35,38,39)/t21-,26+/m0/s1. The number of carboxylic acids is 1. The Balaban J connectivity index is 1.17. The normalized spacial score (nSPS) is 19.5. The van der Waals surface area contributed by atoms with E-state index in [0.717, 1.165) is 64.0 Å². The highest BCUT2D eigenvalue weighted by molar-refractivity contribution is 6.04. The highest BCUT2D eigenvalue weighted by atomic mass is 16.5. The number of carbonyl (C=O) groups is 4. The van der Waals surface area contributed by atoms with E-state index in [1.165, 1.54) is 6.92 Å². The molecule has 2 fully saturated rings. The number of carboxylic acid groups (broad SMARTS) is 1. The molecule has 1 saturated carbocycles. The smallest absolute Gasteiger partial charge is 0.325 e. The number of piperidine rings is 1. The van der Waals surface area contributed by atoms with Crippen LogP contribution in [-0.4, -0.2) is 102 Å². The fraction of sp³-hybridized carbons (Fsp3) is 0.588. The van der Waals surface area contributed by atoms with Crippen molar-refractivity contribution in [3.8, 4) is 5.75 Å². The quantitative estimate of drug-likeness (QED) is 0.248. The van der Waals surface area contributed by atoms with Crippen LogP contribution < -0.4 is 30.5 Å². The van der Waals surface area contributed by atoms with Crippen molar-refractivity contribution in [1.29, 1.82) is 0 Å². The molecule has 0 bridgehead atoms. The van der Waals surface area contributed by atoms with Crippen molar-refractivity contribution in [3.63, 3.8) is 0 Å². The van der Waals surface area contributed by atoms with Gasteiger partial charge in [0.2, 0.25) is 17.8 Å². The lowest BCUT2D eigenvalue weighted by Gasteiger charge is -2.43. The van der Waals surface area contributed by atoms with E-state index < -0.39 is 12.0 Å². The largest absolute Gasteiger partial charge is 0.495 e. The van der Waals surface area contributed by atoms with Gasteiger partial charge in [-0.15, -0.1) is 0 Å². The van der Waals surface area contributed by atoms with Crippen molar-refractivity contribution >= 4 is 46.8 Å². The van der Waals surface area contributed by atoms with E-state index in [1.807, 2.05) is 6.92 Å². The summed E-state index contributed by atoms with van der Waals surface area (Å²) in [6.45, 7) is 5.82. The molecule has 48 heavy (non-hydrogen) atoms. The molecular formula is C34H48N8O6. The first-order valence-electron chi connectivity index (χ1n) is 17.0. The van der Waals surface area contributed by atoms with Crippen molar-refractivity contribution in [2.24, 2.45) is 0 Å². The number of fused-ring (bicyclic) bond motifs is 1. The lowest BCUT2D eigenvalue weighted by atomic mass is 10.0. The van der Waals surface area contributed by atoms with Crippen LogP contribution in [0.5, 0.6) is 5.75 Å². The van der Waals surface area contributed by atoms with Crippen LogP contribution in [0.3, 0.4) is 0 Å². The minimum Gasteiger partial charge on any atom is -0.495 e. The van der Waals surface area contributed by atoms with E-state index in [-0.39, 0.29) is 42.3 Å². The van der Waals surface area contributed by atoms with Crippen LogP contribution in [0.1, 0.15) is 82.0 Å². The Morgan fingerprint density at radius 2 is 1.85 bits per heavy atom. The van der Waals surface area contributed by atoms with Crippen molar-refractivity contribution in [3.05, 3.63) is 30.0 Å². The number of aliphatic carboxylic acids is 1. The predicted molar refractivity (Wildman–Crippen MR) is 182 cm³/mol. The van der Waals surface area contributed by atoms with Gasteiger partial charge in [-0.2, -0.15) is 4.98 Å². The first kappa shape index (κ1) is 34.9. The molecule has 2 aromatic rings. The molecule has 260 valence electrons. The number of aromatic nitrogens is 2. The second kappa shape index (κ2) is 15.6. The van der Waals surface area contributed by atoms with E-state index in [4.69, 9.17) is 14.8 Å². The zero-order valence-corrected chi connectivity index (χ0v) is 28.3. The molecule has 0 radical (unpaired) electrons. The van der Waals surface area contributed by atoms with Crippen LogP contribution in [-0.2, 0) is 14.4 Å². The van der Waals surface area contributed by atoms with Gasteiger partial charge in [-0.25, -0.2) is 4.98 Å². The third-order valence-corrected chi connectivity index (χ3v) is 9.67.